The van der Waals surface area contributed by atoms with E-state index in [2.05, 4.69) is 5.32 Å². The summed E-state index contributed by atoms with van der Waals surface area (Å²) < 4.78 is 4.78. The van der Waals surface area contributed by atoms with Crippen molar-refractivity contribution in [1.29, 1.82) is 0 Å². The van der Waals surface area contributed by atoms with Gasteiger partial charge in [0.1, 0.15) is 0 Å². The lowest BCUT2D eigenvalue weighted by atomic mass is 10.0. The van der Waals surface area contributed by atoms with Gasteiger partial charge in [0.2, 0.25) is 0 Å². The summed E-state index contributed by atoms with van der Waals surface area (Å²) in [4.78, 5) is 11.0. The topological polar surface area (TPSA) is 38.3 Å². The Morgan fingerprint density at radius 2 is 2.21 bits per heavy atom. The molecule has 1 amide bonds. The van der Waals surface area contributed by atoms with Crippen LogP contribution in [-0.4, -0.2) is 12.7 Å². The van der Waals surface area contributed by atoms with Crippen LogP contribution in [0.15, 0.2) is 24.3 Å². The normalized spacial score (nSPS) is 21.2. The molecule has 0 spiro atoms. The van der Waals surface area contributed by atoms with Gasteiger partial charge in [-0.25, -0.2) is 4.79 Å². The van der Waals surface area contributed by atoms with Crippen LogP contribution < -0.4 is 5.32 Å². The minimum atomic E-state index is -0.374. The monoisotopic (exact) mass is 211 g/mol. The van der Waals surface area contributed by atoms with Crippen molar-refractivity contribution in [1.82, 2.24) is 5.32 Å². The molecule has 1 aromatic rings. The number of benzene rings is 1. The highest BCUT2D eigenvalue weighted by Crippen LogP contribution is 2.26. The van der Waals surface area contributed by atoms with Crippen LogP contribution in [0.5, 0.6) is 0 Å². The average Bonchev–Trinajstić information content (AvgIpc) is 2.18. The molecule has 1 atom stereocenters. The summed E-state index contributed by atoms with van der Waals surface area (Å²) in [6.07, 6.45) is 0.385. The SMILES string of the molecule is O=C1N[C@H](c2ccccc2Cl)CCO1. The highest BCUT2D eigenvalue weighted by Gasteiger charge is 2.21. The smallest absolute Gasteiger partial charge is 0.407 e. The quantitative estimate of drug-likeness (QED) is 0.775. The molecule has 1 aliphatic heterocycles. The van der Waals surface area contributed by atoms with Crippen molar-refractivity contribution in [2.75, 3.05) is 6.61 Å². The molecule has 3 nitrogen and oxygen atoms in total. The van der Waals surface area contributed by atoms with Gasteiger partial charge >= 0.3 is 6.09 Å². The van der Waals surface area contributed by atoms with Crippen molar-refractivity contribution >= 4 is 17.7 Å². The molecule has 0 aromatic heterocycles. The van der Waals surface area contributed by atoms with Crippen molar-refractivity contribution in [2.24, 2.45) is 0 Å². The molecule has 0 aliphatic carbocycles. The summed E-state index contributed by atoms with van der Waals surface area (Å²) in [7, 11) is 0. The fourth-order valence-corrected chi connectivity index (χ4v) is 1.78. The summed E-state index contributed by atoms with van der Waals surface area (Å²) in [5.41, 5.74) is 0.950. The Labute approximate surface area is 87.0 Å². The van der Waals surface area contributed by atoms with Gasteiger partial charge in [0.15, 0.2) is 0 Å². The molecular formula is C10H10ClNO2. The van der Waals surface area contributed by atoms with Gasteiger partial charge in [-0.05, 0) is 11.6 Å². The van der Waals surface area contributed by atoms with Crippen molar-refractivity contribution in [3.63, 3.8) is 0 Å². The molecule has 14 heavy (non-hydrogen) atoms. The van der Waals surface area contributed by atoms with E-state index in [1.807, 2.05) is 24.3 Å². The van der Waals surface area contributed by atoms with E-state index in [-0.39, 0.29) is 12.1 Å². The zero-order valence-electron chi connectivity index (χ0n) is 7.50. The zero-order valence-corrected chi connectivity index (χ0v) is 8.25. The third-order valence-corrected chi connectivity index (χ3v) is 2.56. The van der Waals surface area contributed by atoms with Crippen LogP contribution in [0.1, 0.15) is 18.0 Å². The summed E-state index contributed by atoms with van der Waals surface area (Å²) in [5.74, 6) is 0. The standard InChI is InChI=1S/C10H10ClNO2/c11-8-4-2-1-3-7(8)9-5-6-14-10(13)12-9/h1-4,9H,5-6H2,(H,12,13)/t9-/m0/s1. The Balaban J connectivity index is 2.22. The highest BCUT2D eigenvalue weighted by molar-refractivity contribution is 6.31. The molecule has 1 aliphatic rings. The Morgan fingerprint density at radius 3 is 2.93 bits per heavy atom. The Morgan fingerprint density at radius 1 is 1.43 bits per heavy atom. The van der Waals surface area contributed by atoms with E-state index in [9.17, 15) is 4.79 Å². The number of amides is 1. The largest absolute Gasteiger partial charge is 0.449 e. The molecule has 0 saturated carbocycles. The number of hydrogen-bond donors (Lipinski definition) is 1. The van der Waals surface area contributed by atoms with Gasteiger partial charge in [-0.3, -0.25) is 0 Å². The molecular weight excluding hydrogens is 202 g/mol. The van der Waals surface area contributed by atoms with Gasteiger partial charge < -0.3 is 10.1 Å². The average molecular weight is 212 g/mol. The molecule has 1 aromatic carbocycles. The van der Waals surface area contributed by atoms with Crippen LogP contribution in [0.2, 0.25) is 5.02 Å². The van der Waals surface area contributed by atoms with Gasteiger partial charge in [0.05, 0.1) is 12.6 Å². The van der Waals surface area contributed by atoms with Gasteiger partial charge in [-0.2, -0.15) is 0 Å². The second kappa shape index (κ2) is 3.88. The molecule has 1 N–H and O–H groups in total. The minimum absolute atomic E-state index is 0.0232. The summed E-state index contributed by atoms with van der Waals surface area (Å²) >= 11 is 6.01. The van der Waals surface area contributed by atoms with E-state index < -0.39 is 0 Å². The maximum Gasteiger partial charge on any atom is 0.407 e. The molecule has 0 unspecified atom stereocenters. The number of halogens is 1. The lowest BCUT2D eigenvalue weighted by Gasteiger charge is -2.24. The van der Waals surface area contributed by atoms with Gasteiger partial charge in [0.25, 0.3) is 0 Å². The number of carbonyl (C=O) groups is 1. The van der Waals surface area contributed by atoms with Gasteiger partial charge in [-0.1, -0.05) is 29.8 Å². The van der Waals surface area contributed by atoms with E-state index in [1.165, 1.54) is 0 Å². The zero-order chi connectivity index (χ0) is 9.97. The van der Waals surface area contributed by atoms with Crippen LogP contribution in [0, 0.1) is 0 Å². The van der Waals surface area contributed by atoms with E-state index >= 15 is 0 Å². The number of nitrogens with one attached hydrogen (secondary N) is 1. The van der Waals surface area contributed by atoms with Crippen molar-refractivity contribution in [3.05, 3.63) is 34.9 Å². The first-order valence-electron chi connectivity index (χ1n) is 4.45. The summed E-state index contributed by atoms with van der Waals surface area (Å²) in [6.45, 7) is 0.446. The van der Waals surface area contributed by atoms with Crippen LogP contribution in [0.25, 0.3) is 0 Å². The first kappa shape index (κ1) is 9.34. The number of rotatable bonds is 1. The second-order valence-corrected chi connectivity index (χ2v) is 3.55. The van der Waals surface area contributed by atoms with E-state index in [4.69, 9.17) is 16.3 Å². The lowest BCUT2D eigenvalue weighted by molar-refractivity contribution is 0.115. The first-order chi connectivity index (χ1) is 6.77. The molecule has 0 radical (unpaired) electrons. The molecule has 1 fully saturated rings. The van der Waals surface area contributed by atoms with Crippen LogP contribution >= 0.6 is 11.6 Å². The van der Waals surface area contributed by atoms with Gasteiger partial charge in [0, 0.05) is 11.4 Å². The molecule has 4 heteroatoms. The molecule has 1 heterocycles. The highest BCUT2D eigenvalue weighted by atomic mass is 35.5. The van der Waals surface area contributed by atoms with Crippen molar-refractivity contribution in [3.8, 4) is 0 Å². The maximum atomic E-state index is 11.0. The Bertz CT molecular complexity index is 354. The minimum Gasteiger partial charge on any atom is -0.449 e. The fraction of sp³-hybridized carbons (Fsp3) is 0.300. The lowest BCUT2D eigenvalue weighted by Crippen LogP contribution is -2.35. The predicted octanol–water partition coefficient (Wildman–Crippen LogP) is 2.51. The van der Waals surface area contributed by atoms with Gasteiger partial charge in [-0.15, -0.1) is 0 Å². The molecule has 1 saturated heterocycles. The van der Waals surface area contributed by atoms with E-state index in [0.717, 1.165) is 12.0 Å². The molecule has 2 rings (SSSR count). The van der Waals surface area contributed by atoms with Crippen LogP contribution in [-0.2, 0) is 4.74 Å². The fourth-order valence-electron chi connectivity index (χ4n) is 1.52. The maximum absolute atomic E-state index is 11.0. The molecule has 74 valence electrons. The predicted molar refractivity (Wildman–Crippen MR) is 53.3 cm³/mol. The number of hydrogen-bond acceptors (Lipinski definition) is 2. The summed E-state index contributed by atoms with van der Waals surface area (Å²) in [5, 5.41) is 3.41. The number of carbonyl (C=O) groups excluding carboxylic acids is 1. The third kappa shape index (κ3) is 1.82. The van der Waals surface area contributed by atoms with Crippen molar-refractivity contribution < 1.29 is 9.53 Å². The molecule has 0 bridgehead atoms. The first-order valence-corrected chi connectivity index (χ1v) is 4.83. The Hall–Kier alpha value is -1.22. The van der Waals surface area contributed by atoms with E-state index in [1.54, 1.807) is 0 Å². The van der Waals surface area contributed by atoms with E-state index in [0.29, 0.717) is 11.6 Å². The van der Waals surface area contributed by atoms with Crippen molar-refractivity contribution in [2.45, 2.75) is 12.5 Å². The third-order valence-electron chi connectivity index (χ3n) is 2.21. The number of alkyl carbamates (subject to hydrolysis) is 1. The Kier molecular flexibility index (Phi) is 2.59. The van der Waals surface area contributed by atoms with Crippen LogP contribution in [0.4, 0.5) is 4.79 Å². The number of cyclic esters (lactones) is 1. The second-order valence-electron chi connectivity index (χ2n) is 3.14. The summed E-state index contributed by atoms with van der Waals surface area (Å²) in [6, 6.07) is 7.48. The number of ether oxygens (including phenoxy) is 1. The van der Waals surface area contributed by atoms with Crippen LogP contribution in [0.3, 0.4) is 0 Å².